The van der Waals surface area contributed by atoms with Crippen LogP contribution in [0, 0.1) is 6.92 Å². The van der Waals surface area contributed by atoms with Gasteiger partial charge in [-0.2, -0.15) is 0 Å². The van der Waals surface area contributed by atoms with Crippen molar-refractivity contribution >= 4 is 5.91 Å². The molecule has 0 aromatic carbocycles. The van der Waals surface area contributed by atoms with Gasteiger partial charge in [0, 0.05) is 11.8 Å². The molecule has 5 atom stereocenters. The molecule has 2 heterocycles. The van der Waals surface area contributed by atoms with E-state index in [-0.39, 0.29) is 5.56 Å². The Hall–Kier alpha value is -2.01. The summed E-state index contributed by atoms with van der Waals surface area (Å²) in [6.45, 7) is 1.43. The highest BCUT2D eigenvalue weighted by Gasteiger charge is 2.48. The van der Waals surface area contributed by atoms with E-state index in [1.165, 1.54) is 6.92 Å². The van der Waals surface area contributed by atoms with E-state index in [1.807, 2.05) is 4.98 Å². The number of nitrogens with zero attached hydrogens (tertiary/aromatic N) is 1. The molecule has 1 fully saturated rings. The highest BCUT2D eigenvalue weighted by atomic mass is 16.6. The van der Waals surface area contributed by atoms with Gasteiger partial charge in [0.25, 0.3) is 5.56 Å². The molecule has 1 aromatic heterocycles. The van der Waals surface area contributed by atoms with E-state index in [9.17, 15) is 29.7 Å². The van der Waals surface area contributed by atoms with Gasteiger partial charge in [-0.25, -0.2) is 4.79 Å². The normalized spacial score (nSPS) is 30.3. The monoisotopic (exact) mass is 301 g/mol. The molecule has 0 unspecified atom stereocenters. The molecule has 0 saturated carbocycles. The summed E-state index contributed by atoms with van der Waals surface area (Å²) in [5.41, 5.74) is 3.62. The van der Waals surface area contributed by atoms with Crippen molar-refractivity contribution in [2.24, 2.45) is 5.73 Å². The van der Waals surface area contributed by atoms with Crippen molar-refractivity contribution in [1.29, 1.82) is 0 Å². The van der Waals surface area contributed by atoms with Crippen LogP contribution in [0.25, 0.3) is 0 Å². The van der Waals surface area contributed by atoms with E-state index in [0.29, 0.717) is 0 Å². The lowest BCUT2D eigenvalue weighted by Crippen LogP contribution is -2.45. The van der Waals surface area contributed by atoms with Gasteiger partial charge in [0.05, 0.1) is 0 Å². The standard InChI is InChI=1S/C11H15N3O7/c1-3-2-14(11(20)13-9(3)19)10-5(16)4(15)7(21-10)6(17)8(12)18/h2,4-7,10,15-17H,1H3,(H2,12,18)(H,13,19,20)/t4-,5-,6-,7+,10-/m0/s1. The van der Waals surface area contributed by atoms with Crippen molar-refractivity contribution in [2.75, 3.05) is 0 Å². The molecule has 10 nitrogen and oxygen atoms in total. The molecule has 2 rings (SSSR count). The number of amides is 1. The summed E-state index contributed by atoms with van der Waals surface area (Å²) in [6, 6.07) is 0. The lowest BCUT2D eigenvalue weighted by molar-refractivity contribution is -0.140. The Bertz CT molecular complexity index is 667. The van der Waals surface area contributed by atoms with Crippen LogP contribution in [0.4, 0.5) is 0 Å². The van der Waals surface area contributed by atoms with Gasteiger partial charge >= 0.3 is 5.69 Å². The average Bonchev–Trinajstić information content (AvgIpc) is 2.70. The van der Waals surface area contributed by atoms with E-state index in [4.69, 9.17) is 10.5 Å². The molecule has 0 aliphatic carbocycles. The summed E-state index contributed by atoms with van der Waals surface area (Å²) >= 11 is 0. The van der Waals surface area contributed by atoms with Crippen LogP contribution in [-0.2, 0) is 9.53 Å². The third kappa shape index (κ3) is 2.61. The number of H-pyrrole nitrogens is 1. The van der Waals surface area contributed by atoms with E-state index in [1.54, 1.807) is 0 Å². The smallest absolute Gasteiger partial charge is 0.330 e. The van der Waals surface area contributed by atoms with Crippen LogP contribution in [-0.4, -0.2) is 55.2 Å². The minimum Gasteiger partial charge on any atom is -0.387 e. The number of hydrogen-bond acceptors (Lipinski definition) is 7. The predicted octanol–water partition coefficient (Wildman–Crippen LogP) is -3.69. The fraction of sp³-hybridized carbons (Fsp3) is 0.545. The Morgan fingerprint density at radius 1 is 1.43 bits per heavy atom. The first-order valence-corrected chi connectivity index (χ1v) is 6.05. The second kappa shape index (κ2) is 5.41. The zero-order chi connectivity index (χ0) is 15.9. The molecule has 0 spiro atoms. The molecule has 1 saturated heterocycles. The molecular weight excluding hydrogens is 286 g/mol. The lowest BCUT2D eigenvalue weighted by Gasteiger charge is -2.18. The Balaban J connectivity index is 2.38. The number of nitrogens with one attached hydrogen (secondary N) is 1. The lowest BCUT2D eigenvalue weighted by atomic mass is 10.1. The Labute approximate surface area is 117 Å². The zero-order valence-corrected chi connectivity index (χ0v) is 11.0. The SMILES string of the molecule is Cc1cn([C@H]2O[C@@H]([C@H](O)C(N)=O)[C@@H](O)[C@@H]2O)c(=O)[nH]c1=O. The van der Waals surface area contributed by atoms with Gasteiger partial charge in [-0.15, -0.1) is 0 Å². The average molecular weight is 301 g/mol. The number of carbonyl (C=O) groups excluding carboxylic acids is 1. The molecule has 6 N–H and O–H groups in total. The minimum absolute atomic E-state index is 0.179. The summed E-state index contributed by atoms with van der Waals surface area (Å²) in [5.74, 6) is -1.14. The van der Waals surface area contributed by atoms with Crippen molar-refractivity contribution in [3.63, 3.8) is 0 Å². The van der Waals surface area contributed by atoms with E-state index in [2.05, 4.69) is 0 Å². The van der Waals surface area contributed by atoms with Crippen molar-refractivity contribution in [3.8, 4) is 0 Å². The number of nitrogens with two attached hydrogens (primary N) is 1. The fourth-order valence-electron chi connectivity index (χ4n) is 2.11. The van der Waals surface area contributed by atoms with Crippen LogP contribution in [0.2, 0.25) is 0 Å². The third-order valence-electron chi connectivity index (χ3n) is 3.30. The summed E-state index contributed by atoms with van der Waals surface area (Å²) < 4.78 is 6.02. The Kier molecular flexibility index (Phi) is 3.96. The molecule has 1 amide bonds. The maximum Gasteiger partial charge on any atom is 0.330 e. The van der Waals surface area contributed by atoms with Crippen LogP contribution in [0.5, 0.6) is 0 Å². The third-order valence-corrected chi connectivity index (χ3v) is 3.30. The van der Waals surface area contributed by atoms with Crippen LogP contribution in [0.1, 0.15) is 11.8 Å². The number of aliphatic hydroxyl groups is 3. The van der Waals surface area contributed by atoms with Crippen LogP contribution >= 0.6 is 0 Å². The number of aromatic amines is 1. The van der Waals surface area contributed by atoms with Gasteiger partial charge in [0.2, 0.25) is 5.91 Å². The van der Waals surface area contributed by atoms with Gasteiger partial charge in [-0.1, -0.05) is 0 Å². The topological polar surface area (TPSA) is 168 Å². The number of ether oxygens (including phenoxy) is 1. The zero-order valence-electron chi connectivity index (χ0n) is 11.0. The maximum absolute atomic E-state index is 11.7. The molecule has 1 aromatic rings. The van der Waals surface area contributed by atoms with Crippen molar-refractivity contribution < 1.29 is 24.9 Å². The number of carbonyl (C=O) groups is 1. The van der Waals surface area contributed by atoms with Crippen molar-refractivity contribution in [3.05, 3.63) is 32.6 Å². The molecule has 116 valence electrons. The van der Waals surface area contributed by atoms with Crippen LogP contribution in [0.3, 0.4) is 0 Å². The number of aliphatic hydroxyl groups excluding tert-OH is 3. The summed E-state index contributed by atoms with van der Waals surface area (Å²) in [6.07, 6.45) is -6.78. The first kappa shape index (κ1) is 15.4. The second-order valence-corrected chi connectivity index (χ2v) is 4.80. The summed E-state index contributed by atoms with van der Waals surface area (Å²) in [5, 5.41) is 29.2. The molecule has 10 heteroatoms. The molecule has 1 aliphatic rings. The Morgan fingerprint density at radius 2 is 2.05 bits per heavy atom. The van der Waals surface area contributed by atoms with Gasteiger partial charge in [0.1, 0.15) is 18.3 Å². The molecule has 0 radical (unpaired) electrons. The maximum atomic E-state index is 11.7. The number of rotatable bonds is 3. The molecule has 1 aliphatic heterocycles. The van der Waals surface area contributed by atoms with Crippen LogP contribution < -0.4 is 17.0 Å². The summed E-state index contributed by atoms with van der Waals surface area (Å²) in [4.78, 5) is 36.0. The van der Waals surface area contributed by atoms with Gasteiger partial charge in [-0.3, -0.25) is 19.1 Å². The van der Waals surface area contributed by atoms with Crippen molar-refractivity contribution in [1.82, 2.24) is 9.55 Å². The first-order chi connectivity index (χ1) is 9.73. The molecular formula is C11H15N3O7. The number of hydrogen-bond donors (Lipinski definition) is 5. The number of aromatic nitrogens is 2. The molecule has 0 bridgehead atoms. The number of primary amides is 1. The summed E-state index contributed by atoms with van der Waals surface area (Å²) in [7, 11) is 0. The van der Waals surface area contributed by atoms with E-state index < -0.39 is 47.8 Å². The highest BCUT2D eigenvalue weighted by molar-refractivity contribution is 5.79. The van der Waals surface area contributed by atoms with E-state index in [0.717, 1.165) is 10.8 Å². The quantitative estimate of drug-likeness (QED) is 0.383. The fourth-order valence-corrected chi connectivity index (χ4v) is 2.11. The van der Waals surface area contributed by atoms with Gasteiger partial charge in [-0.05, 0) is 6.92 Å². The Morgan fingerprint density at radius 3 is 2.62 bits per heavy atom. The van der Waals surface area contributed by atoms with E-state index >= 15 is 0 Å². The van der Waals surface area contributed by atoms with Crippen LogP contribution in [0.15, 0.2) is 15.8 Å². The predicted molar refractivity (Wildman–Crippen MR) is 67.2 cm³/mol. The first-order valence-electron chi connectivity index (χ1n) is 6.05. The highest BCUT2D eigenvalue weighted by Crippen LogP contribution is 2.30. The molecule has 21 heavy (non-hydrogen) atoms. The second-order valence-electron chi connectivity index (χ2n) is 4.80. The van der Waals surface area contributed by atoms with Gasteiger partial charge < -0.3 is 25.8 Å². The minimum atomic E-state index is -1.85. The van der Waals surface area contributed by atoms with Crippen molar-refractivity contribution in [2.45, 2.75) is 37.6 Å². The van der Waals surface area contributed by atoms with Gasteiger partial charge in [0.15, 0.2) is 12.3 Å². The number of aryl methyl sites for hydroxylation is 1. The largest absolute Gasteiger partial charge is 0.387 e.